The van der Waals surface area contributed by atoms with Crippen molar-refractivity contribution in [1.82, 2.24) is 4.72 Å². The number of benzene rings is 1. The molecule has 2 N–H and O–H groups in total. The van der Waals surface area contributed by atoms with Gasteiger partial charge in [0.2, 0.25) is 10.0 Å². The molecule has 23 heavy (non-hydrogen) atoms. The molecule has 9 heteroatoms. The smallest absolute Gasteiger partial charge is 0.339 e. The van der Waals surface area contributed by atoms with Crippen LogP contribution in [0.15, 0.2) is 23.1 Å². The predicted octanol–water partition coefficient (Wildman–Crippen LogP) is 1.53. The normalized spacial score (nSPS) is 12.7. The van der Waals surface area contributed by atoms with Crippen LogP contribution >= 0.6 is 0 Å². The van der Waals surface area contributed by atoms with Crippen LogP contribution in [0.4, 0.5) is 4.39 Å². The van der Waals surface area contributed by atoms with E-state index in [9.17, 15) is 22.4 Å². The maximum atomic E-state index is 13.3. The van der Waals surface area contributed by atoms with E-state index in [0.717, 1.165) is 25.3 Å². The molecule has 0 spiro atoms. The van der Waals surface area contributed by atoms with Crippen molar-refractivity contribution in [1.29, 1.82) is 0 Å². The lowest BCUT2D eigenvalue weighted by atomic mass is 10.1. The van der Waals surface area contributed by atoms with Crippen LogP contribution in [0.3, 0.4) is 0 Å². The summed E-state index contributed by atoms with van der Waals surface area (Å²) >= 11 is 0. The number of esters is 1. The first kappa shape index (κ1) is 19.0. The van der Waals surface area contributed by atoms with Gasteiger partial charge in [-0.3, -0.25) is 4.79 Å². The Balaban J connectivity index is 3.22. The van der Waals surface area contributed by atoms with E-state index in [-0.39, 0.29) is 6.42 Å². The Morgan fingerprint density at radius 2 is 2.04 bits per heavy atom. The van der Waals surface area contributed by atoms with Crippen molar-refractivity contribution < 1.29 is 32.2 Å². The minimum absolute atomic E-state index is 0.0970. The maximum Gasteiger partial charge on any atom is 0.339 e. The van der Waals surface area contributed by atoms with Gasteiger partial charge in [0.1, 0.15) is 11.9 Å². The van der Waals surface area contributed by atoms with Crippen LogP contribution in [0.25, 0.3) is 0 Å². The van der Waals surface area contributed by atoms with Crippen molar-refractivity contribution in [3.63, 3.8) is 0 Å². The number of carboxylic acid groups (broad SMARTS) is 1. The molecule has 0 saturated heterocycles. The summed E-state index contributed by atoms with van der Waals surface area (Å²) in [4.78, 5) is 22.3. The van der Waals surface area contributed by atoms with E-state index in [4.69, 9.17) is 5.11 Å². The highest BCUT2D eigenvalue weighted by Crippen LogP contribution is 2.19. The van der Waals surface area contributed by atoms with E-state index in [1.165, 1.54) is 0 Å². The number of aliphatic carboxylic acids is 1. The van der Waals surface area contributed by atoms with Crippen LogP contribution in [0, 0.1) is 5.82 Å². The van der Waals surface area contributed by atoms with Crippen molar-refractivity contribution in [2.45, 2.75) is 37.1 Å². The largest absolute Gasteiger partial charge is 0.480 e. The van der Waals surface area contributed by atoms with Gasteiger partial charge in [-0.2, -0.15) is 4.72 Å². The van der Waals surface area contributed by atoms with Gasteiger partial charge in [-0.25, -0.2) is 17.6 Å². The minimum atomic E-state index is -4.34. The molecule has 0 aromatic heterocycles. The fraction of sp³-hybridized carbons (Fsp3) is 0.429. The van der Waals surface area contributed by atoms with E-state index < -0.39 is 44.3 Å². The zero-order valence-corrected chi connectivity index (χ0v) is 13.5. The van der Waals surface area contributed by atoms with Crippen molar-refractivity contribution >= 4 is 22.0 Å². The first-order chi connectivity index (χ1) is 10.7. The summed E-state index contributed by atoms with van der Waals surface area (Å²) in [5.41, 5.74) is -0.500. The van der Waals surface area contributed by atoms with E-state index in [1.54, 1.807) is 0 Å². The summed E-state index contributed by atoms with van der Waals surface area (Å²) in [6.07, 6.45) is 1.29. The Kier molecular flexibility index (Phi) is 6.64. The third-order valence-corrected chi connectivity index (χ3v) is 4.61. The number of hydrogen-bond acceptors (Lipinski definition) is 5. The van der Waals surface area contributed by atoms with Gasteiger partial charge < -0.3 is 9.84 Å². The first-order valence-electron chi connectivity index (χ1n) is 6.86. The number of halogens is 1. The van der Waals surface area contributed by atoms with Gasteiger partial charge in [-0.1, -0.05) is 19.8 Å². The Bertz CT molecular complexity index is 689. The molecule has 7 nitrogen and oxygen atoms in total. The monoisotopic (exact) mass is 347 g/mol. The first-order valence-corrected chi connectivity index (χ1v) is 8.34. The minimum Gasteiger partial charge on any atom is -0.480 e. The van der Waals surface area contributed by atoms with E-state index in [0.29, 0.717) is 12.8 Å². The van der Waals surface area contributed by atoms with Gasteiger partial charge >= 0.3 is 11.9 Å². The molecule has 1 aromatic rings. The molecule has 0 fully saturated rings. The van der Waals surface area contributed by atoms with Gasteiger partial charge in [0.05, 0.1) is 17.6 Å². The predicted molar refractivity (Wildman–Crippen MR) is 79.0 cm³/mol. The van der Waals surface area contributed by atoms with Gasteiger partial charge in [-0.15, -0.1) is 0 Å². The molecule has 0 amide bonds. The quantitative estimate of drug-likeness (QED) is 0.690. The van der Waals surface area contributed by atoms with Gasteiger partial charge in [0.25, 0.3) is 0 Å². The lowest BCUT2D eigenvalue weighted by Crippen LogP contribution is -2.41. The van der Waals surface area contributed by atoms with Gasteiger partial charge in [-0.05, 0) is 24.6 Å². The Labute approximate surface area is 133 Å². The van der Waals surface area contributed by atoms with Crippen LogP contribution in [0.1, 0.15) is 36.5 Å². The summed E-state index contributed by atoms with van der Waals surface area (Å²) in [5.74, 6) is -3.18. The molecule has 0 heterocycles. The molecule has 1 atom stereocenters. The van der Waals surface area contributed by atoms with Crippen LogP contribution in [-0.2, 0) is 19.6 Å². The molecule has 0 aliphatic rings. The average molecular weight is 347 g/mol. The van der Waals surface area contributed by atoms with Crippen LogP contribution in [-0.4, -0.2) is 38.6 Å². The van der Waals surface area contributed by atoms with Gasteiger partial charge in [0, 0.05) is 0 Å². The number of sulfonamides is 1. The molecule has 0 aliphatic carbocycles. The Morgan fingerprint density at radius 3 is 2.57 bits per heavy atom. The summed E-state index contributed by atoms with van der Waals surface area (Å²) in [6, 6.07) is 1.14. The summed E-state index contributed by atoms with van der Waals surface area (Å²) in [5, 5.41) is 9.10. The van der Waals surface area contributed by atoms with E-state index >= 15 is 0 Å². The number of hydrogen-bond donors (Lipinski definition) is 2. The Hall–Kier alpha value is -2.00. The van der Waals surface area contributed by atoms with Crippen molar-refractivity contribution in [2.75, 3.05) is 7.11 Å². The Morgan fingerprint density at radius 1 is 1.39 bits per heavy atom. The number of unbranched alkanes of at least 4 members (excludes halogenated alkanes) is 1. The number of carbonyl (C=O) groups excluding carboxylic acids is 1. The summed E-state index contributed by atoms with van der Waals surface area (Å²) in [6.45, 7) is 1.84. The molecular formula is C14H18FNO6S. The molecule has 0 radical (unpaired) electrons. The number of carboxylic acids is 1. The lowest BCUT2D eigenvalue weighted by Gasteiger charge is -2.16. The van der Waals surface area contributed by atoms with E-state index in [1.807, 2.05) is 11.6 Å². The highest BCUT2D eigenvalue weighted by molar-refractivity contribution is 7.89. The van der Waals surface area contributed by atoms with Crippen LogP contribution < -0.4 is 4.72 Å². The standard InChI is InChI=1S/C14H18FNO6S/c1-3-4-5-11(13(17)18)16-23(20,21)12-7-6-9(15)8-10(12)14(19)22-2/h6-8,11,16H,3-5H2,1-2H3,(H,17,18)/t11-/m0/s1. The van der Waals surface area contributed by atoms with Crippen LogP contribution in [0.2, 0.25) is 0 Å². The zero-order valence-electron chi connectivity index (χ0n) is 12.7. The maximum absolute atomic E-state index is 13.3. The van der Waals surface area contributed by atoms with Crippen molar-refractivity contribution in [3.05, 3.63) is 29.6 Å². The fourth-order valence-corrected chi connectivity index (χ4v) is 3.30. The number of carbonyl (C=O) groups is 2. The lowest BCUT2D eigenvalue weighted by molar-refractivity contribution is -0.139. The second-order valence-corrected chi connectivity index (χ2v) is 6.47. The highest BCUT2D eigenvalue weighted by atomic mass is 32.2. The molecular weight excluding hydrogens is 329 g/mol. The fourth-order valence-electron chi connectivity index (χ4n) is 1.90. The number of ether oxygens (including phenoxy) is 1. The topological polar surface area (TPSA) is 110 Å². The number of rotatable bonds is 8. The summed E-state index contributed by atoms with van der Waals surface area (Å²) < 4.78 is 44.4. The molecule has 1 aromatic carbocycles. The van der Waals surface area contributed by atoms with Crippen LogP contribution in [0.5, 0.6) is 0 Å². The molecule has 0 saturated carbocycles. The second kappa shape index (κ2) is 8.02. The number of methoxy groups -OCH3 is 1. The molecule has 128 valence electrons. The van der Waals surface area contributed by atoms with Crippen molar-refractivity contribution in [3.8, 4) is 0 Å². The third kappa shape index (κ3) is 5.00. The number of nitrogens with one attached hydrogen (secondary N) is 1. The second-order valence-electron chi connectivity index (χ2n) is 4.79. The SMILES string of the molecule is CCCC[C@H](NS(=O)(=O)c1ccc(F)cc1C(=O)OC)C(=O)O. The zero-order chi connectivity index (χ0) is 17.6. The van der Waals surface area contributed by atoms with E-state index in [2.05, 4.69) is 4.74 Å². The van der Waals surface area contributed by atoms with Gasteiger partial charge in [0.15, 0.2) is 0 Å². The third-order valence-electron chi connectivity index (χ3n) is 3.08. The average Bonchev–Trinajstić information content (AvgIpc) is 2.49. The molecule has 0 aliphatic heterocycles. The molecule has 0 unspecified atom stereocenters. The van der Waals surface area contributed by atoms with Crippen molar-refractivity contribution in [2.24, 2.45) is 0 Å². The summed E-state index contributed by atoms with van der Waals surface area (Å²) in [7, 11) is -3.31. The molecule has 1 rings (SSSR count). The molecule has 0 bridgehead atoms. The highest BCUT2D eigenvalue weighted by Gasteiger charge is 2.29.